The number of hydrogen-bond donors (Lipinski definition) is 3. The molecular formula is C20H26FIN4O. The average molecular weight is 484 g/mol. The van der Waals surface area contributed by atoms with Crippen LogP contribution in [0.5, 0.6) is 0 Å². The number of carbonyl (C=O) groups excluding carboxylic acids is 1. The summed E-state index contributed by atoms with van der Waals surface area (Å²) in [6, 6.07) is 15.5. The van der Waals surface area contributed by atoms with Gasteiger partial charge < -0.3 is 16.0 Å². The number of carbonyl (C=O) groups is 1. The van der Waals surface area contributed by atoms with E-state index in [0.29, 0.717) is 31.2 Å². The van der Waals surface area contributed by atoms with E-state index >= 15 is 0 Å². The smallest absolute Gasteiger partial charge is 0.251 e. The summed E-state index contributed by atoms with van der Waals surface area (Å²) in [5.41, 5.74) is 1.60. The first kappa shape index (κ1) is 22.9. The monoisotopic (exact) mass is 484 g/mol. The Morgan fingerprint density at radius 1 is 0.963 bits per heavy atom. The van der Waals surface area contributed by atoms with Gasteiger partial charge in [0.1, 0.15) is 5.82 Å². The molecule has 0 heterocycles. The molecule has 0 fully saturated rings. The molecule has 0 aliphatic carbocycles. The van der Waals surface area contributed by atoms with Gasteiger partial charge in [-0.25, -0.2) is 9.38 Å². The van der Waals surface area contributed by atoms with Gasteiger partial charge in [-0.2, -0.15) is 0 Å². The summed E-state index contributed by atoms with van der Waals surface area (Å²) in [6.45, 7) is 4.48. The van der Waals surface area contributed by atoms with Gasteiger partial charge >= 0.3 is 0 Å². The van der Waals surface area contributed by atoms with E-state index in [4.69, 9.17) is 0 Å². The molecule has 0 aromatic heterocycles. The Morgan fingerprint density at radius 2 is 1.63 bits per heavy atom. The van der Waals surface area contributed by atoms with Gasteiger partial charge in [0.15, 0.2) is 5.96 Å². The molecule has 1 amide bonds. The molecule has 0 saturated heterocycles. The lowest BCUT2D eigenvalue weighted by Crippen LogP contribution is -2.38. The molecule has 146 valence electrons. The van der Waals surface area contributed by atoms with Crippen LogP contribution >= 0.6 is 24.0 Å². The average Bonchev–Trinajstić information content (AvgIpc) is 2.67. The van der Waals surface area contributed by atoms with Gasteiger partial charge in [-0.1, -0.05) is 30.3 Å². The second kappa shape index (κ2) is 13.1. The van der Waals surface area contributed by atoms with Crippen LogP contribution in [-0.4, -0.2) is 31.5 Å². The van der Waals surface area contributed by atoms with E-state index in [1.54, 1.807) is 24.3 Å². The first-order valence-electron chi connectivity index (χ1n) is 8.79. The van der Waals surface area contributed by atoms with Crippen LogP contribution in [-0.2, 0) is 6.54 Å². The van der Waals surface area contributed by atoms with Crippen molar-refractivity contribution in [3.8, 4) is 0 Å². The molecule has 3 N–H and O–H groups in total. The maximum atomic E-state index is 12.9. The topological polar surface area (TPSA) is 65.5 Å². The van der Waals surface area contributed by atoms with Crippen molar-refractivity contribution in [2.45, 2.75) is 19.9 Å². The van der Waals surface area contributed by atoms with E-state index < -0.39 is 0 Å². The predicted molar refractivity (Wildman–Crippen MR) is 118 cm³/mol. The molecule has 2 rings (SSSR count). The Kier molecular flexibility index (Phi) is 11.1. The summed E-state index contributed by atoms with van der Waals surface area (Å²) in [6.07, 6.45) is 0.777. The van der Waals surface area contributed by atoms with Crippen LogP contribution in [0, 0.1) is 5.82 Å². The zero-order chi connectivity index (χ0) is 18.6. The highest BCUT2D eigenvalue weighted by atomic mass is 127. The lowest BCUT2D eigenvalue weighted by Gasteiger charge is -2.11. The van der Waals surface area contributed by atoms with Crippen LogP contribution in [0.3, 0.4) is 0 Å². The van der Waals surface area contributed by atoms with Crippen LogP contribution in [0.2, 0.25) is 0 Å². The fraction of sp³-hybridized carbons (Fsp3) is 0.300. The number of hydrogen-bond acceptors (Lipinski definition) is 2. The zero-order valence-electron chi connectivity index (χ0n) is 15.4. The van der Waals surface area contributed by atoms with Crippen molar-refractivity contribution in [1.29, 1.82) is 0 Å². The molecule has 2 aromatic carbocycles. The number of aliphatic imine (C=N–C) groups is 1. The Hall–Kier alpha value is -2.16. The lowest BCUT2D eigenvalue weighted by molar-refractivity contribution is 0.0953. The normalized spacial score (nSPS) is 10.7. The van der Waals surface area contributed by atoms with Crippen molar-refractivity contribution in [2.75, 3.05) is 19.6 Å². The summed E-state index contributed by atoms with van der Waals surface area (Å²) in [5, 5.41) is 9.29. The maximum Gasteiger partial charge on any atom is 0.251 e. The van der Waals surface area contributed by atoms with Gasteiger partial charge in [-0.3, -0.25) is 4.79 Å². The second-order valence-corrected chi connectivity index (χ2v) is 5.72. The van der Waals surface area contributed by atoms with Gasteiger partial charge in [-0.15, -0.1) is 24.0 Å². The van der Waals surface area contributed by atoms with Crippen molar-refractivity contribution in [2.24, 2.45) is 4.99 Å². The lowest BCUT2D eigenvalue weighted by atomic mass is 10.2. The Morgan fingerprint density at radius 3 is 2.30 bits per heavy atom. The SMILES string of the molecule is CCNC(=NCc1ccc(F)cc1)NCCCNC(=O)c1ccccc1.I. The van der Waals surface area contributed by atoms with Gasteiger partial charge in [0, 0.05) is 25.2 Å². The second-order valence-electron chi connectivity index (χ2n) is 5.72. The van der Waals surface area contributed by atoms with E-state index in [0.717, 1.165) is 18.5 Å². The van der Waals surface area contributed by atoms with Crippen LogP contribution in [0.1, 0.15) is 29.3 Å². The van der Waals surface area contributed by atoms with Crippen LogP contribution < -0.4 is 16.0 Å². The molecule has 0 radical (unpaired) electrons. The molecule has 0 aliphatic heterocycles. The molecule has 0 saturated carbocycles. The molecular weight excluding hydrogens is 458 g/mol. The predicted octanol–water partition coefficient (Wildman–Crippen LogP) is 3.32. The van der Waals surface area contributed by atoms with Crippen molar-refractivity contribution in [3.63, 3.8) is 0 Å². The molecule has 0 unspecified atom stereocenters. The Bertz CT molecular complexity index is 708. The van der Waals surface area contributed by atoms with Crippen LogP contribution in [0.25, 0.3) is 0 Å². The largest absolute Gasteiger partial charge is 0.357 e. The summed E-state index contributed by atoms with van der Waals surface area (Å²) in [5.74, 6) is 0.383. The highest BCUT2D eigenvalue weighted by molar-refractivity contribution is 14.0. The molecule has 0 bridgehead atoms. The van der Waals surface area contributed by atoms with Gasteiger partial charge in [0.25, 0.3) is 5.91 Å². The van der Waals surface area contributed by atoms with Gasteiger partial charge in [0.05, 0.1) is 6.54 Å². The minimum atomic E-state index is -0.250. The fourth-order valence-corrected chi connectivity index (χ4v) is 2.29. The van der Waals surface area contributed by atoms with E-state index in [1.807, 2.05) is 25.1 Å². The highest BCUT2D eigenvalue weighted by Crippen LogP contribution is 2.03. The number of amides is 1. The molecule has 0 atom stereocenters. The minimum absolute atomic E-state index is 0. The molecule has 0 spiro atoms. The van der Waals surface area contributed by atoms with Crippen molar-refractivity contribution < 1.29 is 9.18 Å². The number of rotatable bonds is 8. The standard InChI is InChI=1S/C20H25FN4O.HI/c1-2-22-20(25-15-16-9-11-18(21)12-10-16)24-14-6-13-23-19(26)17-7-4-3-5-8-17;/h3-5,7-12H,2,6,13-15H2,1H3,(H,23,26)(H2,22,24,25);1H. The van der Waals surface area contributed by atoms with Crippen molar-refractivity contribution in [1.82, 2.24) is 16.0 Å². The van der Waals surface area contributed by atoms with Crippen LogP contribution in [0.15, 0.2) is 59.6 Å². The summed E-state index contributed by atoms with van der Waals surface area (Å²) in [7, 11) is 0. The molecule has 27 heavy (non-hydrogen) atoms. The summed E-state index contributed by atoms with van der Waals surface area (Å²) in [4.78, 5) is 16.4. The Balaban J connectivity index is 0.00000364. The Labute approximate surface area is 176 Å². The number of guanidine groups is 1. The van der Waals surface area contributed by atoms with E-state index in [9.17, 15) is 9.18 Å². The van der Waals surface area contributed by atoms with Gasteiger partial charge in [-0.05, 0) is 43.2 Å². The molecule has 7 heteroatoms. The zero-order valence-corrected chi connectivity index (χ0v) is 17.7. The third-order valence-electron chi connectivity index (χ3n) is 3.64. The maximum absolute atomic E-state index is 12.9. The number of halogens is 2. The third-order valence-corrected chi connectivity index (χ3v) is 3.64. The van der Waals surface area contributed by atoms with Crippen molar-refractivity contribution in [3.05, 3.63) is 71.5 Å². The number of benzene rings is 2. The van der Waals surface area contributed by atoms with E-state index in [-0.39, 0.29) is 35.7 Å². The summed E-state index contributed by atoms with van der Waals surface area (Å²) >= 11 is 0. The summed E-state index contributed by atoms with van der Waals surface area (Å²) < 4.78 is 12.9. The number of nitrogens with zero attached hydrogens (tertiary/aromatic N) is 1. The van der Waals surface area contributed by atoms with Crippen LogP contribution in [0.4, 0.5) is 4.39 Å². The molecule has 5 nitrogen and oxygen atoms in total. The highest BCUT2D eigenvalue weighted by Gasteiger charge is 2.03. The van der Waals surface area contributed by atoms with Gasteiger partial charge in [0.2, 0.25) is 0 Å². The number of nitrogens with one attached hydrogen (secondary N) is 3. The van der Waals surface area contributed by atoms with E-state index in [1.165, 1.54) is 12.1 Å². The fourth-order valence-electron chi connectivity index (χ4n) is 2.29. The minimum Gasteiger partial charge on any atom is -0.357 e. The molecule has 0 aliphatic rings. The third kappa shape index (κ3) is 8.85. The molecule has 2 aromatic rings. The quantitative estimate of drug-likeness (QED) is 0.233. The first-order valence-corrected chi connectivity index (χ1v) is 8.79. The van der Waals surface area contributed by atoms with E-state index in [2.05, 4.69) is 20.9 Å². The van der Waals surface area contributed by atoms with Crippen molar-refractivity contribution >= 4 is 35.8 Å². The first-order chi connectivity index (χ1) is 12.7.